The third kappa shape index (κ3) is 5.21. The van der Waals surface area contributed by atoms with E-state index in [-0.39, 0.29) is 6.04 Å². The van der Waals surface area contributed by atoms with Crippen molar-refractivity contribution < 1.29 is 5.11 Å². The van der Waals surface area contributed by atoms with Crippen LogP contribution in [0.5, 0.6) is 5.75 Å². The maximum absolute atomic E-state index is 9.88. The van der Waals surface area contributed by atoms with Crippen LogP contribution in [-0.2, 0) is 0 Å². The number of hydrogen-bond acceptors (Lipinski definition) is 3. The molecule has 3 nitrogen and oxygen atoms in total. The second kappa shape index (κ2) is 8.94. The van der Waals surface area contributed by atoms with Crippen molar-refractivity contribution in [3.05, 3.63) is 29.8 Å². The summed E-state index contributed by atoms with van der Waals surface area (Å²) >= 11 is 0. The molecule has 19 heavy (non-hydrogen) atoms. The third-order valence-electron chi connectivity index (χ3n) is 3.66. The molecule has 1 atom stereocenters. The summed E-state index contributed by atoms with van der Waals surface area (Å²) in [6.45, 7) is 10.9. The minimum absolute atomic E-state index is 0.248. The summed E-state index contributed by atoms with van der Waals surface area (Å²) in [7, 11) is 0. The summed E-state index contributed by atoms with van der Waals surface area (Å²) < 4.78 is 0. The molecule has 108 valence electrons. The first-order chi connectivity index (χ1) is 9.22. The van der Waals surface area contributed by atoms with E-state index in [0.29, 0.717) is 5.75 Å². The molecule has 0 radical (unpaired) electrons. The van der Waals surface area contributed by atoms with Crippen LogP contribution >= 0.6 is 0 Å². The quantitative estimate of drug-likeness (QED) is 0.673. The topological polar surface area (TPSA) is 35.5 Å². The van der Waals surface area contributed by atoms with Gasteiger partial charge in [-0.2, -0.15) is 0 Å². The molecule has 0 amide bonds. The van der Waals surface area contributed by atoms with Crippen LogP contribution in [0.25, 0.3) is 0 Å². The lowest BCUT2D eigenvalue weighted by molar-refractivity contribution is 0.295. The molecule has 1 aromatic carbocycles. The lowest BCUT2D eigenvalue weighted by Gasteiger charge is -2.21. The highest BCUT2D eigenvalue weighted by atomic mass is 16.3. The van der Waals surface area contributed by atoms with Crippen LogP contribution in [0.3, 0.4) is 0 Å². The van der Waals surface area contributed by atoms with Crippen LogP contribution in [0.4, 0.5) is 0 Å². The van der Waals surface area contributed by atoms with E-state index < -0.39 is 0 Å². The third-order valence-corrected chi connectivity index (χ3v) is 3.66. The van der Waals surface area contributed by atoms with E-state index >= 15 is 0 Å². The molecular weight excluding hydrogens is 236 g/mol. The fourth-order valence-electron chi connectivity index (χ4n) is 2.38. The van der Waals surface area contributed by atoms with E-state index in [1.807, 2.05) is 18.2 Å². The molecule has 1 aromatic rings. The number of phenolic OH excluding ortho intramolecular Hbond substituents is 1. The Labute approximate surface area is 117 Å². The van der Waals surface area contributed by atoms with Crippen LogP contribution in [0.15, 0.2) is 24.3 Å². The maximum Gasteiger partial charge on any atom is 0.120 e. The van der Waals surface area contributed by atoms with Crippen LogP contribution in [-0.4, -0.2) is 36.2 Å². The Morgan fingerprint density at radius 3 is 2.42 bits per heavy atom. The monoisotopic (exact) mass is 264 g/mol. The molecule has 0 aliphatic rings. The number of hydrogen-bond donors (Lipinski definition) is 2. The summed E-state index contributed by atoms with van der Waals surface area (Å²) in [5, 5.41) is 13.4. The lowest BCUT2D eigenvalue weighted by Crippen LogP contribution is -2.28. The molecule has 0 fully saturated rings. The second-order valence-corrected chi connectivity index (χ2v) is 4.85. The highest BCUT2D eigenvalue weighted by molar-refractivity contribution is 5.34. The van der Waals surface area contributed by atoms with Crippen molar-refractivity contribution in [2.75, 3.05) is 26.2 Å². The Morgan fingerprint density at radius 2 is 1.84 bits per heavy atom. The van der Waals surface area contributed by atoms with Crippen molar-refractivity contribution in [3.8, 4) is 5.75 Å². The van der Waals surface area contributed by atoms with Crippen LogP contribution in [0.1, 0.15) is 45.2 Å². The maximum atomic E-state index is 9.88. The van der Waals surface area contributed by atoms with Gasteiger partial charge in [-0.05, 0) is 45.1 Å². The van der Waals surface area contributed by atoms with Gasteiger partial charge in [-0.1, -0.05) is 39.0 Å². The minimum Gasteiger partial charge on any atom is -0.508 e. The van der Waals surface area contributed by atoms with Gasteiger partial charge in [0.25, 0.3) is 0 Å². The van der Waals surface area contributed by atoms with Gasteiger partial charge in [-0.3, -0.25) is 0 Å². The molecule has 0 heterocycles. The first-order valence-corrected chi connectivity index (χ1v) is 7.46. The van der Waals surface area contributed by atoms with Crippen molar-refractivity contribution in [3.63, 3.8) is 0 Å². The zero-order valence-corrected chi connectivity index (χ0v) is 12.5. The number of nitrogens with zero attached hydrogens (tertiary/aromatic N) is 1. The average Bonchev–Trinajstić information content (AvgIpc) is 2.44. The molecule has 2 N–H and O–H groups in total. The Kier molecular flexibility index (Phi) is 7.53. The number of phenols is 1. The lowest BCUT2D eigenvalue weighted by atomic mass is 10.0. The summed E-state index contributed by atoms with van der Waals surface area (Å²) in [5.74, 6) is 0.394. The molecule has 0 aromatic heterocycles. The van der Waals surface area contributed by atoms with Crippen LogP contribution < -0.4 is 5.32 Å². The van der Waals surface area contributed by atoms with E-state index in [2.05, 4.69) is 31.0 Å². The van der Waals surface area contributed by atoms with E-state index in [9.17, 15) is 5.11 Å². The van der Waals surface area contributed by atoms with E-state index in [1.165, 1.54) is 0 Å². The first-order valence-electron chi connectivity index (χ1n) is 7.46. The fraction of sp³-hybridized carbons (Fsp3) is 0.625. The van der Waals surface area contributed by atoms with Gasteiger partial charge in [-0.25, -0.2) is 0 Å². The van der Waals surface area contributed by atoms with Gasteiger partial charge < -0.3 is 15.3 Å². The number of aromatic hydroxyl groups is 1. The van der Waals surface area contributed by atoms with Crippen LogP contribution in [0, 0.1) is 0 Å². The summed E-state index contributed by atoms with van der Waals surface area (Å²) in [6.07, 6.45) is 2.13. The zero-order valence-electron chi connectivity index (χ0n) is 12.5. The molecule has 0 saturated heterocycles. The number of rotatable bonds is 9. The van der Waals surface area contributed by atoms with Gasteiger partial charge >= 0.3 is 0 Å². The van der Waals surface area contributed by atoms with Gasteiger partial charge in [0.2, 0.25) is 0 Å². The Bertz CT molecular complexity index is 350. The first kappa shape index (κ1) is 16.0. The highest BCUT2D eigenvalue weighted by Crippen LogP contribution is 2.25. The standard InChI is InChI=1S/C16H28N2O/c1-4-15(14-10-7-8-11-16(14)19)17-12-9-13-18(5-2)6-3/h7-8,10-11,15,17,19H,4-6,9,12-13H2,1-3H3. The zero-order chi connectivity index (χ0) is 14.1. The molecule has 0 spiro atoms. The molecule has 0 aliphatic carbocycles. The molecule has 0 bridgehead atoms. The largest absolute Gasteiger partial charge is 0.508 e. The van der Waals surface area contributed by atoms with Crippen molar-refractivity contribution in [2.45, 2.75) is 39.7 Å². The van der Waals surface area contributed by atoms with Gasteiger partial charge in [0, 0.05) is 11.6 Å². The summed E-state index contributed by atoms with van der Waals surface area (Å²) in [6, 6.07) is 7.86. The van der Waals surface area contributed by atoms with Gasteiger partial charge in [0.05, 0.1) is 0 Å². The predicted octanol–water partition coefficient (Wildman–Crippen LogP) is 3.16. The van der Waals surface area contributed by atoms with E-state index in [4.69, 9.17) is 0 Å². The number of nitrogens with one attached hydrogen (secondary N) is 1. The minimum atomic E-state index is 0.248. The van der Waals surface area contributed by atoms with Gasteiger partial charge in [0.1, 0.15) is 5.75 Å². The molecule has 0 aliphatic heterocycles. The molecule has 1 unspecified atom stereocenters. The number of benzene rings is 1. The Hall–Kier alpha value is -1.06. The molecule has 0 saturated carbocycles. The van der Waals surface area contributed by atoms with Crippen molar-refractivity contribution in [1.82, 2.24) is 10.2 Å². The Morgan fingerprint density at radius 1 is 1.16 bits per heavy atom. The fourth-order valence-corrected chi connectivity index (χ4v) is 2.38. The predicted molar refractivity (Wildman–Crippen MR) is 81.5 cm³/mol. The van der Waals surface area contributed by atoms with Crippen LogP contribution in [0.2, 0.25) is 0 Å². The van der Waals surface area contributed by atoms with Crippen molar-refractivity contribution >= 4 is 0 Å². The average molecular weight is 264 g/mol. The van der Waals surface area contributed by atoms with E-state index in [1.54, 1.807) is 6.07 Å². The molecular formula is C16H28N2O. The highest BCUT2D eigenvalue weighted by Gasteiger charge is 2.11. The normalized spacial score (nSPS) is 12.8. The smallest absolute Gasteiger partial charge is 0.120 e. The SMILES string of the molecule is CCC(NCCCN(CC)CC)c1ccccc1O. The summed E-state index contributed by atoms with van der Waals surface area (Å²) in [4.78, 5) is 2.43. The van der Waals surface area contributed by atoms with Gasteiger partial charge in [0.15, 0.2) is 0 Å². The van der Waals surface area contributed by atoms with Crippen molar-refractivity contribution in [1.29, 1.82) is 0 Å². The molecule has 1 rings (SSSR count). The molecule has 3 heteroatoms. The second-order valence-electron chi connectivity index (χ2n) is 4.85. The summed E-state index contributed by atoms with van der Waals surface area (Å²) in [5.41, 5.74) is 1.01. The van der Waals surface area contributed by atoms with Crippen molar-refractivity contribution in [2.24, 2.45) is 0 Å². The number of para-hydroxylation sites is 1. The Balaban J connectivity index is 2.40. The van der Waals surface area contributed by atoms with E-state index in [0.717, 1.165) is 44.6 Å². The van der Waals surface area contributed by atoms with Gasteiger partial charge in [-0.15, -0.1) is 0 Å².